The van der Waals surface area contributed by atoms with E-state index in [9.17, 15) is 4.79 Å². The lowest BCUT2D eigenvalue weighted by molar-refractivity contribution is 0.0931. The van der Waals surface area contributed by atoms with Crippen molar-refractivity contribution in [3.8, 4) is 0 Å². The van der Waals surface area contributed by atoms with Crippen molar-refractivity contribution in [3.63, 3.8) is 0 Å². The zero-order chi connectivity index (χ0) is 20.9. The van der Waals surface area contributed by atoms with Gasteiger partial charge in [-0.3, -0.25) is 9.78 Å². The molecule has 0 aliphatic rings. The van der Waals surface area contributed by atoms with Crippen molar-refractivity contribution in [1.82, 2.24) is 19.8 Å². The molecule has 5 nitrogen and oxygen atoms in total. The van der Waals surface area contributed by atoms with E-state index in [0.717, 1.165) is 17.3 Å². The van der Waals surface area contributed by atoms with Gasteiger partial charge in [0.1, 0.15) is 5.69 Å². The van der Waals surface area contributed by atoms with Crippen LogP contribution in [0, 0.1) is 13.8 Å². The SMILES string of the molecule is Cc1ccc2c(c1)c1cc3c(C(=O)N[C@H](C)CN(C)C)nccc3c(C)c1n2C. The summed E-state index contributed by atoms with van der Waals surface area (Å²) < 4.78 is 2.25. The molecular formula is C24H28N4O. The Labute approximate surface area is 171 Å². The van der Waals surface area contributed by atoms with Crippen LogP contribution < -0.4 is 5.32 Å². The van der Waals surface area contributed by atoms with Gasteiger partial charge in [-0.2, -0.15) is 0 Å². The van der Waals surface area contributed by atoms with Gasteiger partial charge in [-0.25, -0.2) is 0 Å². The van der Waals surface area contributed by atoms with Crippen LogP contribution in [0.25, 0.3) is 32.6 Å². The van der Waals surface area contributed by atoms with Gasteiger partial charge in [-0.05, 0) is 70.1 Å². The summed E-state index contributed by atoms with van der Waals surface area (Å²) in [4.78, 5) is 19.5. The molecule has 0 aliphatic carbocycles. The third-order valence-corrected chi connectivity index (χ3v) is 5.66. The van der Waals surface area contributed by atoms with E-state index in [1.54, 1.807) is 6.20 Å². The number of amides is 1. The van der Waals surface area contributed by atoms with E-state index in [4.69, 9.17) is 0 Å². The second kappa shape index (κ2) is 7.16. The summed E-state index contributed by atoms with van der Waals surface area (Å²) in [7, 11) is 6.11. The molecule has 5 heteroatoms. The lowest BCUT2D eigenvalue weighted by Gasteiger charge is -2.18. The van der Waals surface area contributed by atoms with Crippen molar-refractivity contribution < 1.29 is 4.79 Å². The molecule has 150 valence electrons. The smallest absolute Gasteiger partial charge is 0.270 e. The van der Waals surface area contributed by atoms with Crippen LogP contribution in [-0.2, 0) is 7.05 Å². The minimum atomic E-state index is -0.125. The fourth-order valence-electron chi connectivity index (χ4n) is 4.47. The molecule has 4 rings (SSSR count). The summed E-state index contributed by atoms with van der Waals surface area (Å²) in [5.74, 6) is -0.125. The number of nitrogens with one attached hydrogen (secondary N) is 1. The molecule has 0 spiro atoms. The molecule has 1 atom stereocenters. The van der Waals surface area contributed by atoms with Gasteiger partial charge in [0.25, 0.3) is 5.91 Å². The highest BCUT2D eigenvalue weighted by Gasteiger charge is 2.19. The number of rotatable bonds is 4. The maximum Gasteiger partial charge on any atom is 0.270 e. The standard InChI is InChI=1S/C24H28N4O/c1-14-7-8-21-18(11-14)20-12-19-17(16(3)23(20)28(21)6)9-10-25-22(19)24(29)26-15(2)13-27(4)5/h7-12,15H,13H2,1-6H3,(H,26,29)/t15-/m1/s1. The minimum absolute atomic E-state index is 0.0413. The molecule has 4 aromatic rings. The number of benzene rings is 2. The largest absolute Gasteiger partial charge is 0.347 e. The highest BCUT2D eigenvalue weighted by molar-refractivity contribution is 6.17. The summed E-state index contributed by atoms with van der Waals surface area (Å²) in [6.45, 7) is 7.04. The lowest BCUT2D eigenvalue weighted by atomic mass is 9.99. The van der Waals surface area contributed by atoms with Crippen molar-refractivity contribution in [1.29, 1.82) is 0 Å². The minimum Gasteiger partial charge on any atom is -0.347 e. The molecule has 0 bridgehead atoms. The van der Waals surface area contributed by atoms with Crippen LogP contribution in [0.4, 0.5) is 0 Å². The van der Waals surface area contributed by atoms with Gasteiger partial charge in [-0.15, -0.1) is 0 Å². The van der Waals surface area contributed by atoms with Gasteiger partial charge in [0.05, 0.1) is 5.52 Å². The lowest BCUT2D eigenvalue weighted by Crippen LogP contribution is -2.39. The fourth-order valence-corrected chi connectivity index (χ4v) is 4.47. The van der Waals surface area contributed by atoms with E-state index in [1.807, 2.05) is 27.1 Å². The summed E-state index contributed by atoms with van der Waals surface area (Å²) in [6.07, 6.45) is 1.74. The van der Waals surface area contributed by atoms with Gasteiger partial charge < -0.3 is 14.8 Å². The predicted octanol–water partition coefficient (Wildman–Crippen LogP) is 4.18. The zero-order valence-corrected chi connectivity index (χ0v) is 18.0. The third-order valence-electron chi connectivity index (χ3n) is 5.66. The number of pyridine rings is 1. The van der Waals surface area contributed by atoms with Crippen LogP contribution in [0.5, 0.6) is 0 Å². The predicted molar refractivity (Wildman–Crippen MR) is 121 cm³/mol. The van der Waals surface area contributed by atoms with Crippen molar-refractivity contribution in [2.24, 2.45) is 7.05 Å². The Morgan fingerprint density at radius 2 is 1.86 bits per heavy atom. The van der Waals surface area contributed by atoms with Crippen LogP contribution in [0.2, 0.25) is 0 Å². The van der Waals surface area contributed by atoms with Gasteiger partial charge in [0, 0.05) is 47.5 Å². The second-order valence-electron chi connectivity index (χ2n) is 8.37. The van der Waals surface area contributed by atoms with Gasteiger partial charge in [0.2, 0.25) is 0 Å². The molecule has 1 N–H and O–H groups in total. The molecule has 2 aromatic carbocycles. The van der Waals surface area contributed by atoms with E-state index >= 15 is 0 Å². The number of carbonyl (C=O) groups excluding carboxylic acids is 1. The van der Waals surface area contributed by atoms with Gasteiger partial charge in [-0.1, -0.05) is 11.6 Å². The molecule has 2 heterocycles. The maximum atomic E-state index is 13.0. The number of hydrogen-bond acceptors (Lipinski definition) is 3. The number of aryl methyl sites for hydroxylation is 3. The molecule has 0 saturated heterocycles. The molecule has 0 radical (unpaired) electrons. The number of aromatic nitrogens is 2. The van der Waals surface area contributed by atoms with Gasteiger partial charge >= 0.3 is 0 Å². The quantitative estimate of drug-likeness (QED) is 0.571. The molecule has 29 heavy (non-hydrogen) atoms. The summed E-state index contributed by atoms with van der Waals surface area (Å²) >= 11 is 0. The van der Waals surface area contributed by atoms with E-state index < -0.39 is 0 Å². The van der Waals surface area contributed by atoms with Gasteiger partial charge in [0.15, 0.2) is 0 Å². The van der Waals surface area contributed by atoms with E-state index in [2.05, 4.69) is 64.9 Å². The first-order valence-electron chi connectivity index (χ1n) is 10.0. The fraction of sp³-hybridized carbons (Fsp3) is 0.333. The normalized spacial score (nSPS) is 12.9. The number of likely N-dealkylation sites (N-methyl/N-ethyl adjacent to an activating group) is 1. The van der Waals surface area contributed by atoms with Crippen LogP contribution in [0.3, 0.4) is 0 Å². The molecule has 0 fully saturated rings. The summed E-state index contributed by atoms with van der Waals surface area (Å²) in [5, 5.41) is 7.44. The number of fused-ring (bicyclic) bond motifs is 4. The first kappa shape index (κ1) is 19.4. The average Bonchev–Trinajstić information content (AvgIpc) is 2.92. The van der Waals surface area contributed by atoms with E-state index in [1.165, 1.54) is 32.9 Å². The molecule has 0 aliphatic heterocycles. The Morgan fingerprint density at radius 3 is 2.59 bits per heavy atom. The average molecular weight is 389 g/mol. The monoisotopic (exact) mass is 388 g/mol. The van der Waals surface area contributed by atoms with E-state index in [0.29, 0.717) is 5.69 Å². The Balaban J connectivity index is 1.94. The first-order chi connectivity index (χ1) is 13.8. The number of carbonyl (C=O) groups is 1. The molecule has 2 aromatic heterocycles. The second-order valence-corrected chi connectivity index (χ2v) is 8.37. The van der Waals surface area contributed by atoms with Crippen molar-refractivity contribution in [2.45, 2.75) is 26.8 Å². The zero-order valence-electron chi connectivity index (χ0n) is 18.0. The first-order valence-corrected chi connectivity index (χ1v) is 10.0. The van der Waals surface area contributed by atoms with E-state index in [-0.39, 0.29) is 11.9 Å². The Bertz CT molecular complexity index is 1250. The topological polar surface area (TPSA) is 50.2 Å². The Kier molecular flexibility index (Phi) is 4.79. The highest BCUT2D eigenvalue weighted by Crippen LogP contribution is 2.36. The van der Waals surface area contributed by atoms with Crippen LogP contribution in [0.15, 0.2) is 36.5 Å². The van der Waals surface area contributed by atoms with Crippen LogP contribution in [0.1, 0.15) is 28.5 Å². The third kappa shape index (κ3) is 3.25. The van der Waals surface area contributed by atoms with Crippen LogP contribution >= 0.6 is 0 Å². The maximum absolute atomic E-state index is 13.0. The number of nitrogens with zero attached hydrogens (tertiary/aromatic N) is 3. The van der Waals surface area contributed by atoms with Crippen molar-refractivity contribution in [3.05, 3.63) is 53.3 Å². The Morgan fingerprint density at radius 1 is 1.10 bits per heavy atom. The van der Waals surface area contributed by atoms with Crippen LogP contribution in [-0.4, -0.2) is 47.0 Å². The van der Waals surface area contributed by atoms with Crippen molar-refractivity contribution in [2.75, 3.05) is 20.6 Å². The summed E-state index contributed by atoms with van der Waals surface area (Å²) in [5.41, 5.74) is 5.29. The molecule has 0 saturated carbocycles. The molecule has 0 unspecified atom stereocenters. The molecular weight excluding hydrogens is 360 g/mol. The van der Waals surface area contributed by atoms with Crippen molar-refractivity contribution >= 4 is 38.5 Å². The Hall–Kier alpha value is -2.92. The highest BCUT2D eigenvalue weighted by atomic mass is 16.1. The summed E-state index contributed by atoms with van der Waals surface area (Å²) in [6, 6.07) is 10.7. The number of hydrogen-bond donors (Lipinski definition) is 1. The molecule has 1 amide bonds.